The number of rotatable bonds is 2. The van der Waals surface area contributed by atoms with Gasteiger partial charge in [0.25, 0.3) is 5.56 Å². The Balaban J connectivity index is 2.34. The van der Waals surface area contributed by atoms with Crippen LogP contribution in [0.2, 0.25) is 10.0 Å². The standard InChI is InChI=1S/C13H6Cl2N2O3S/c14-7-3-5(6(13(19)20)4-8(7)15)11-16-9-1-2-21-10(9)12(18)17-11/h1-4H,(H,19,20)(H,16,17,18). The van der Waals surface area contributed by atoms with E-state index in [0.717, 1.165) is 0 Å². The Morgan fingerprint density at radius 1 is 1.29 bits per heavy atom. The fourth-order valence-corrected chi connectivity index (χ4v) is 2.97. The van der Waals surface area contributed by atoms with E-state index in [-0.39, 0.29) is 32.6 Å². The summed E-state index contributed by atoms with van der Waals surface area (Å²) in [4.78, 5) is 30.2. The summed E-state index contributed by atoms with van der Waals surface area (Å²) in [5.41, 5.74) is 0.304. The summed E-state index contributed by atoms with van der Waals surface area (Å²) >= 11 is 13.0. The van der Waals surface area contributed by atoms with E-state index in [9.17, 15) is 14.7 Å². The molecule has 2 heterocycles. The van der Waals surface area contributed by atoms with Crippen LogP contribution in [0.5, 0.6) is 0 Å². The summed E-state index contributed by atoms with van der Waals surface area (Å²) in [5.74, 6) is -1.04. The molecule has 106 valence electrons. The minimum Gasteiger partial charge on any atom is -0.478 e. The highest BCUT2D eigenvalue weighted by Gasteiger charge is 2.17. The van der Waals surface area contributed by atoms with Gasteiger partial charge in [0.05, 0.1) is 21.1 Å². The van der Waals surface area contributed by atoms with Crippen LogP contribution in [-0.2, 0) is 0 Å². The molecule has 0 aliphatic heterocycles. The van der Waals surface area contributed by atoms with Crippen LogP contribution in [0.1, 0.15) is 10.4 Å². The van der Waals surface area contributed by atoms with E-state index >= 15 is 0 Å². The molecule has 0 atom stereocenters. The van der Waals surface area contributed by atoms with Crippen molar-refractivity contribution in [2.24, 2.45) is 0 Å². The third-order valence-corrected chi connectivity index (χ3v) is 4.49. The van der Waals surface area contributed by atoms with Crippen molar-refractivity contribution in [3.63, 3.8) is 0 Å². The minimum atomic E-state index is -1.18. The van der Waals surface area contributed by atoms with Crippen molar-refractivity contribution in [1.29, 1.82) is 0 Å². The van der Waals surface area contributed by atoms with Crippen LogP contribution in [0.15, 0.2) is 28.4 Å². The Kier molecular flexibility index (Phi) is 3.44. The van der Waals surface area contributed by atoms with E-state index < -0.39 is 5.97 Å². The SMILES string of the molecule is O=C(O)c1cc(Cl)c(Cl)cc1-c1nc2ccsc2c(=O)[nH]1. The Labute approximate surface area is 131 Å². The first-order valence-electron chi connectivity index (χ1n) is 5.67. The minimum absolute atomic E-state index is 0.0814. The number of carbonyl (C=O) groups is 1. The Hall–Kier alpha value is -1.89. The number of halogens is 2. The summed E-state index contributed by atoms with van der Waals surface area (Å²) in [7, 11) is 0. The molecule has 0 aliphatic carbocycles. The summed E-state index contributed by atoms with van der Waals surface area (Å²) in [6, 6.07) is 4.31. The Morgan fingerprint density at radius 3 is 2.71 bits per heavy atom. The largest absolute Gasteiger partial charge is 0.478 e. The van der Waals surface area contributed by atoms with Gasteiger partial charge in [-0.05, 0) is 23.6 Å². The van der Waals surface area contributed by atoms with E-state index in [1.165, 1.54) is 23.5 Å². The van der Waals surface area contributed by atoms with E-state index in [2.05, 4.69) is 9.97 Å². The number of nitrogens with zero attached hydrogens (tertiary/aromatic N) is 1. The predicted molar refractivity (Wildman–Crippen MR) is 82.7 cm³/mol. The third kappa shape index (κ3) is 2.42. The molecule has 0 spiro atoms. The van der Waals surface area contributed by atoms with E-state index in [0.29, 0.717) is 10.2 Å². The highest BCUT2D eigenvalue weighted by Crippen LogP contribution is 2.31. The average molecular weight is 341 g/mol. The molecule has 2 N–H and O–H groups in total. The van der Waals surface area contributed by atoms with Crippen molar-refractivity contribution >= 4 is 50.7 Å². The molecule has 0 amide bonds. The number of benzene rings is 1. The topological polar surface area (TPSA) is 83.0 Å². The van der Waals surface area contributed by atoms with Crippen LogP contribution < -0.4 is 5.56 Å². The fraction of sp³-hybridized carbons (Fsp3) is 0. The maximum absolute atomic E-state index is 12.0. The van der Waals surface area contributed by atoms with Crippen LogP contribution in [0.3, 0.4) is 0 Å². The smallest absolute Gasteiger partial charge is 0.336 e. The van der Waals surface area contributed by atoms with E-state index in [1.807, 2.05) is 0 Å². The molecule has 1 aromatic carbocycles. The molecular weight excluding hydrogens is 335 g/mol. The molecule has 2 aromatic heterocycles. The normalized spacial score (nSPS) is 11.0. The number of aromatic nitrogens is 2. The van der Waals surface area contributed by atoms with Gasteiger partial charge in [-0.1, -0.05) is 23.2 Å². The zero-order valence-corrected chi connectivity index (χ0v) is 12.5. The van der Waals surface area contributed by atoms with Gasteiger partial charge >= 0.3 is 5.97 Å². The van der Waals surface area contributed by atoms with Gasteiger partial charge < -0.3 is 10.1 Å². The number of thiophene rings is 1. The van der Waals surface area contributed by atoms with Crippen LogP contribution >= 0.6 is 34.5 Å². The quantitative estimate of drug-likeness (QED) is 0.745. The molecular formula is C13H6Cl2N2O3S. The lowest BCUT2D eigenvalue weighted by atomic mass is 10.1. The number of hydrogen-bond acceptors (Lipinski definition) is 4. The number of hydrogen-bond donors (Lipinski definition) is 2. The molecule has 0 fully saturated rings. The first-order valence-corrected chi connectivity index (χ1v) is 7.31. The summed E-state index contributed by atoms with van der Waals surface area (Å²) in [6.07, 6.45) is 0. The second kappa shape index (κ2) is 5.14. The third-order valence-electron chi connectivity index (χ3n) is 2.86. The first kappa shape index (κ1) is 14.1. The van der Waals surface area contributed by atoms with Crippen molar-refractivity contribution in [1.82, 2.24) is 9.97 Å². The van der Waals surface area contributed by atoms with Crippen molar-refractivity contribution in [2.45, 2.75) is 0 Å². The van der Waals surface area contributed by atoms with Gasteiger partial charge in [-0.25, -0.2) is 9.78 Å². The molecule has 0 saturated heterocycles. The van der Waals surface area contributed by atoms with Crippen molar-refractivity contribution < 1.29 is 9.90 Å². The zero-order valence-electron chi connectivity index (χ0n) is 10.2. The second-order valence-corrected chi connectivity index (χ2v) is 5.90. The maximum atomic E-state index is 12.0. The molecule has 0 bridgehead atoms. The fourth-order valence-electron chi connectivity index (χ4n) is 1.92. The van der Waals surface area contributed by atoms with Gasteiger partial charge in [0.2, 0.25) is 0 Å². The molecule has 5 nitrogen and oxygen atoms in total. The molecule has 0 saturated carbocycles. The highest BCUT2D eigenvalue weighted by atomic mass is 35.5. The molecule has 8 heteroatoms. The first-order chi connectivity index (χ1) is 9.97. The molecule has 0 aliphatic rings. The summed E-state index contributed by atoms with van der Waals surface area (Å²) < 4.78 is 0.482. The Morgan fingerprint density at radius 2 is 2.00 bits per heavy atom. The average Bonchev–Trinajstić information content (AvgIpc) is 2.90. The van der Waals surface area contributed by atoms with Gasteiger partial charge in [0, 0.05) is 5.56 Å². The predicted octanol–water partition coefficient (Wildman–Crippen LogP) is 3.66. The van der Waals surface area contributed by atoms with Crippen molar-refractivity contribution in [2.75, 3.05) is 0 Å². The monoisotopic (exact) mass is 340 g/mol. The number of H-pyrrole nitrogens is 1. The number of nitrogens with one attached hydrogen (secondary N) is 1. The van der Waals surface area contributed by atoms with Gasteiger partial charge in [-0.3, -0.25) is 4.79 Å². The Bertz CT molecular complexity index is 933. The van der Waals surface area contributed by atoms with Gasteiger partial charge in [-0.15, -0.1) is 11.3 Å². The summed E-state index contributed by atoms with van der Waals surface area (Å²) in [6.45, 7) is 0. The summed E-state index contributed by atoms with van der Waals surface area (Å²) in [5, 5.41) is 11.3. The van der Waals surface area contributed by atoms with Gasteiger partial charge in [-0.2, -0.15) is 0 Å². The zero-order chi connectivity index (χ0) is 15.1. The molecule has 21 heavy (non-hydrogen) atoms. The second-order valence-electron chi connectivity index (χ2n) is 4.17. The number of aromatic amines is 1. The lowest BCUT2D eigenvalue weighted by molar-refractivity contribution is 0.0697. The molecule has 3 rings (SSSR count). The van der Waals surface area contributed by atoms with Gasteiger partial charge in [0.1, 0.15) is 10.5 Å². The van der Waals surface area contributed by atoms with Crippen molar-refractivity contribution in [3.05, 3.63) is 49.5 Å². The van der Waals surface area contributed by atoms with Crippen molar-refractivity contribution in [3.8, 4) is 11.4 Å². The maximum Gasteiger partial charge on any atom is 0.336 e. The lowest BCUT2D eigenvalue weighted by Gasteiger charge is -2.07. The van der Waals surface area contributed by atoms with Gasteiger partial charge in [0.15, 0.2) is 0 Å². The van der Waals surface area contributed by atoms with Crippen LogP contribution in [0.4, 0.5) is 0 Å². The van der Waals surface area contributed by atoms with Crippen LogP contribution in [0, 0.1) is 0 Å². The highest BCUT2D eigenvalue weighted by molar-refractivity contribution is 7.17. The van der Waals surface area contributed by atoms with Crippen LogP contribution in [-0.4, -0.2) is 21.0 Å². The lowest BCUT2D eigenvalue weighted by Crippen LogP contribution is -2.10. The van der Waals surface area contributed by atoms with Crippen LogP contribution in [0.25, 0.3) is 21.6 Å². The molecule has 0 radical (unpaired) electrons. The van der Waals surface area contributed by atoms with E-state index in [4.69, 9.17) is 23.2 Å². The number of carboxylic acid groups (broad SMARTS) is 1. The molecule has 0 unspecified atom stereocenters. The molecule has 3 aromatic rings. The van der Waals surface area contributed by atoms with E-state index in [1.54, 1.807) is 11.4 Å². The number of carboxylic acids is 1. The number of fused-ring (bicyclic) bond motifs is 1. The number of aromatic carboxylic acids is 1.